The minimum absolute atomic E-state index is 0.197. The predicted molar refractivity (Wildman–Crippen MR) is 206 cm³/mol. The fourth-order valence-electron chi connectivity index (χ4n) is 7.24. The van der Waals surface area contributed by atoms with Crippen LogP contribution in [0.15, 0.2) is 152 Å². The topological polar surface area (TPSA) is 104 Å². The average Bonchev–Trinajstić information content (AvgIpc) is 3.80. The highest BCUT2D eigenvalue weighted by Crippen LogP contribution is 2.45. The SMILES string of the molecule is C/C=C(\C=C/N)c1ccc(-c2nc(-c3ccncc3)nc(-c3ccc(-n4c5c(c6ccccc64)C4=C(CC5)NC(c5ccccc5)O4)cc3)n2)cc1. The number of ether oxygens (including phenoxy) is 1. The normalized spacial score (nSPS) is 15.4. The van der Waals surface area contributed by atoms with Crippen molar-refractivity contribution in [2.45, 2.75) is 26.0 Å². The number of rotatable bonds is 7. The molecular formula is C44H35N7O. The molecule has 1 aliphatic heterocycles. The van der Waals surface area contributed by atoms with Gasteiger partial charge in [0.25, 0.3) is 0 Å². The number of aromatic nitrogens is 5. The molecule has 1 atom stereocenters. The molecule has 0 spiro atoms. The van der Waals surface area contributed by atoms with Gasteiger partial charge in [0.2, 0.25) is 0 Å². The first-order chi connectivity index (χ1) is 25.7. The summed E-state index contributed by atoms with van der Waals surface area (Å²) in [5.74, 6) is 2.73. The van der Waals surface area contributed by atoms with E-state index in [0.29, 0.717) is 17.5 Å². The zero-order valence-electron chi connectivity index (χ0n) is 28.6. The third kappa shape index (κ3) is 5.51. The van der Waals surface area contributed by atoms with E-state index in [1.54, 1.807) is 18.6 Å². The molecule has 0 saturated carbocycles. The summed E-state index contributed by atoms with van der Waals surface area (Å²) in [7, 11) is 0. The maximum absolute atomic E-state index is 6.66. The Hall–Kier alpha value is -6.80. The molecule has 0 radical (unpaired) electrons. The van der Waals surface area contributed by atoms with E-state index in [2.05, 4.69) is 99.8 Å². The molecule has 1 aliphatic carbocycles. The van der Waals surface area contributed by atoms with Gasteiger partial charge in [-0.1, -0.05) is 78.9 Å². The Kier molecular flexibility index (Phi) is 7.89. The van der Waals surface area contributed by atoms with Crippen LogP contribution in [0.1, 0.15) is 42.0 Å². The van der Waals surface area contributed by atoms with E-state index in [1.165, 1.54) is 22.3 Å². The zero-order valence-corrected chi connectivity index (χ0v) is 28.6. The summed E-state index contributed by atoms with van der Waals surface area (Å²) in [6, 6.07) is 39.5. The summed E-state index contributed by atoms with van der Waals surface area (Å²) in [5.41, 5.74) is 17.4. The third-order valence-electron chi connectivity index (χ3n) is 9.75. The van der Waals surface area contributed by atoms with Gasteiger partial charge in [0.15, 0.2) is 29.5 Å². The van der Waals surface area contributed by atoms with E-state index in [4.69, 9.17) is 25.4 Å². The van der Waals surface area contributed by atoms with E-state index in [0.717, 1.165) is 63.2 Å². The molecule has 0 saturated heterocycles. The number of hydrogen-bond acceptors (Lipinski definition) is 7. The van der Waals surface area contributed by atoms with Gasteiger partial charge in [0.1, 0.15) is 0 Å². The Morgan fingerprint density at radius 2 is 1.38 bits per heavy atom. The van der Waals surface area contributed by atoms with Gasteiger partial charge in [-0.3, -0.25) is 4.98 Å². The molecule has 1 unspecified atom stereocenters. The summed E-state index contributed by atoms with van der Waals surface area (Å²) in [6.07, 6.45) is 10.6. The number of benzene rings is 4. The summed E-state index contributed by atoms with van der Waals surface area (Å²) in [5, 5.41) is 4.83. The fraction of sp³-hybridized carbons (Fsp3) is 0.0909. The van der Waals surface area contributed by atoms with Crippen molar-refractivity contribution in [3.05, 3.63) is 174 Å². The first kappa shape index (κ1) is 31.2. The molecule has 2 aliphatic rings. The zero-order chi connectivity index (χ0) is 35.0. The first-order valence-electron chi connectivity index (χ1n) is 17.4. The molecule has 252 valence electrons. The van der Waals surface area contributed by atoms with Crippen LogP contribution < -0.4 is 11.1 Å². The molecule has 7 aromatic rings. The van der Waals surface area contributed by atoms with Crippen LogP contribution in [0.25, 0.3) is 62.1 Å². The van der Waals surface area contributed by atoms with Gasteiger partial charge < -0.3 is 20.4 Å². The second-order valence-corrected chi connectivity index (χ2v) is 12.8. The smallest absolute Gasteiger partial charge is 0.196 e. The van der Waals surface area contributed by atoms with Crippen molar-refractivity contribution < 1.29 is 4.74 Å². The molecule has 8 nitrogen and oxygen atoms in total. The van der Waals surface area contributed by atoms with Crippen LogP contribution in [-0.4, -0.2) is 24.5 Å². The van der Waals surface area contributed by atoms with E-state index < -0.39 is 0 Å². The first-order valence-corrected chi connectivity index (χ1v) is 17.4. The highest BCUT2D eigenvalue weighted by molar-refractivity contribution is 5.96. The van der Waals surface area contributed by atoms with Crippen molar-refractivity contribution in [3.8, 4) is 39.9 Å². The summed E-state index contributed by atoms with van der Waals surface area (Å²) >= 11 is 0. The van der Waals surface area contributed by atoms with Gasteiger partial charge in [0.05, 0.1) is 11.2 Å². The van der Waals surface area contributed by atoms with Crippen LogP contribution in [0.5, 0.6) is 0 Å². The van der Waals surface area contributed by atoms with Crippen LogP contribution in [0, 0.1) is 0 Å². The molecule has 52 heavy (non-hydrogen) atoms. The number of nitrogens with zero attached hydrogens (tertiary/aromatic N) is 5. The molecule has 3 aromatic heterocycles. The standard InChI is InChI=1S/C44H35N7O/c1-2-28(22-25-45)29-12-14-30(15-13-29)41-48-42(50-43(49-41)32-23-26-46-27-24-32)31-16-18-34(19-17-31)51-37-11-7-6-10-35(37)39-38(51)21-20-36-40(39)52-44(47-36)33-8-4-3-5-9-33/h2-19,22-27,44,47H,20-21,45H2,1H3/b25-22-,28-2+. The molecular weight excluding hydrogens is 643 g/mol. The van der Waals surface area contributed by atoms with Crippen molar-refractivity contribution >= 4 is 22.2 Å². The van der Waals surface area contributed by atoms with Crippen LogP contribution in [-0.2, 0) is 11.2 Å². The molecule has 0 bridgehead atoms. The Morgan fingerprint density at radius 3 is 2.06 bits per heavy atom. The molecule has 0 fully saturated rings. The number of para-hydroxylation sites is 1. The number of pyridine rings is 1. The van der Waals surface area contributed by atoms with Gasteiger partial charge in [0, 0.05) is 57.0 Å². The van der Waals surface area contributed by atoms with Crippen LogP contribution >= 0.6 is 0 Å². The minimum Gasteiger partial charge on any atom is -0.464 e. The Bertz CT molecular complexity index is 2520. The maximum atomic E-state index is 6.66. The van der Waals surface area contributed by atoms with Gasteiger partial charge >= 0.3 is 0 Å². The van der Waals surface area contributed by atoms with Crippen molar-refractivity contribution in [2.75, 3.05) is 0 Å². The Labute approximate surface area is 301 Å². The van der Waals surface area contributed by atoms with Gasteiger partial charge in [-0.25, -0.2) is 15.0 Å². The predicted octanol–water partition coefficient (Wildman–Crippen LogP) is 9.02. The molecule has 8 heteroatoms. The Balaban J connectivity index is 1.09. The number of fused-ring (bicyclic) bond motifs is 4. The summed E-state index contributed by atoms with van der Waals surface area (Å²) in [4.78, 5) is 19.0. The lowest BCUT2D eigenvalue weighted by Gasteiger charge is -2.17. The Morgan fingerprint density at radius 1 is 0.750 bits per heavy atom. The van der Waals surface area contributed by atoms with E-state index in [-0.39, 0.29) is 6.23 Å². The lowest BCUT2D eigenvalue weighted by Crippen LogP contribution is -2.16. The number of nitrogens with one attached hydrogen (secondary N) is 1. The van der Waals surface area contributed by atoms with E-state index in [1.807, 2.05) is 49.4 Å². The lowest BCUT2D eigenvalue weighted by molar-refractivity contribution is 0.174. The largest absolute Gasteiger partial charge is 0.464 e. The van der Waals surface area contributed by atoms with Crippen LogP contribution in [0.4, 0.5) is 0 Å². The van der Waals surface area contributed by atoms with Crippen molar-refractivity contribution in [3.63, 3.8) is 0 Å². The molecule has 3 N–H and O–H groups in total. The van der Waals surface area contributed by atoms with Crippen LogP contribution in [0.3, 0.4) is 0 Å². The minimum atomic E-state index is -0.197. The molecule has 4 aromatic carbocycles. The second kappa shape index (κ2) is 13.2. The van der Waals surface area contributed by atoms with Gasteiger partial charge in [-0.15, -0.1) is 0 Å². The number of allylic oxidation sites excluding steroid dienone is 4. The monoisotopic (exact) mass is 677 g/mol. The quantitative estimate of drug-likeness (QED) is 0.162. The van der Waals surface area contributed by atoms with Crippen LogP contribution in [0.2, 0.25) is 0 Å². The summed E-state index contributed by atoms with van der Waals surface area (Å²) in [6.45, 7) is 2.00. The number of hydrogen-bond donors (Lipinski definition) is 2. The maximum Gasteiger partial charge on any atom is 0.196 e. The van der Waals surface area contributed by atoms with Crippen molar-refractivity contribution in [2.24, 2.45) is 5.73 Å². The lowest BCUT2D eigenvalue weighted by atomic mass is 9.98. The summed E-state index contributed by atoms with van der Waals surface area (Å²) < 4.78 is 9.03. The number of nitrogens with two attached hydrogens (primary N) is 1. The highest BCUT2D eigenvalue weighted by Gasteiger charge is 2.35. The van der Waals surface area contributed by atoms with E-state index >= 15 is 0 Å². The van der Waals surface area contributed by atoms with Gasteiger partial charge in [-0.2, -0.15) is 0 Å². The average molecular weight is 678 g/mol. The van der Waals surface area contributed by atoms with Crippen molar-refractivity contribution in [1.29, 1.82) is 0 Å². The van der Waals surface area contributed by atoms with Gasteiger partial charge in [-0.05, 0) is 85.6 Å². The highest BCUT2D eigenvalue weighted by atomic mass is 16.5. The van der Waals surface area contributed by atoms with E-state index in [9.17, 15) is 0 Å². The third-order valence-corrected chi connectivity index (χ3v) is 9.75. The molecule has 9 rings (SSSR count). The molecule has 4 heterocycles. The van der Waals surface area contributed by atoms with Crippen molar-refractivity contribution in [1.82, 2.24) is 29.8 Å². The second-order valence-electron chi connectivity index (χ2n) is 12.8. The fourth-order valence-corrected chi connectivity index (χ4v) is 7.24. The molecule has 0 amide bonds.